The maximum Gasteiger partial charge on any atom is 0.407 e. The number of hydrogen-bond acceptors (Lipinski definition) is 5. The molecule has 9 heteroatoms. The topological polar surface area (TPSA) is 122 Å². The normalized spacial score (nSPS) is 12.4. The van der Waals surface area contributed by atoms with E-state index < -0.39 is 29.4 Å². The number of hydrogen-bond donors (Lipinski definition) is 4. The van der Waals surface area contributed by atoms with Crippen LogP contribution in [-0.2, 0) is 15.9 Å². The SMILES string of the molecule is CC(C)(C)OC(=O)NCCC[C@@H](CNC(=O)c1cc2ccc(Cc3ccccc3)cc2[nH]1)NC(=O)OC(C)(C)C. The minimum Gasteiger partial charge on any atom is -0.444 e. The highest BCUT2D eigenvalue weighted by molar-refractivity contribution is 5.98. The second-order valence-corrected chi connectivity index (χ2v) is 11.9. The van der Waals surface area contributed by atoms with E-state index in [0.717, 1.165) is 22.9 Å². The van der Waals surface area contributed by atoms with Crippen molar-refractivity contribution in [2.75, 3.05) is 13.1 Å². The Bertz CT molecular complexity index is 1290. The monoisotopic (exact) mass is 550 g/mol. The lowest BCUT2D eigenvalue weighted by Crippen LogP contribution is -2.46. The molecule has 0 saturated heterocycles. The van der Waals surface area contributed by atoms with Crippen LogP contribution in [0.5, 0.6) is 0 Å². The second kappa shape index (κ2) is 13.4. The van der Waals surface area contributed by atoms with Gasteiger partial charge in [-0.1, -0.05) is 42.5 Å². The summed E-state index contributed by atoms with van der Waals surface area (Å²) in [5.41, 5.74) is 2.45. The summed E-state index contributed by atoms with van der Waals surface area (Å²) >= 11 is 0. The van der Waals surface area contributed by atoms with Crippen molar-refractivity contribution in [3.05, 3.63) is 71.4 Å². The fourth-order valence-corrected chi connectivity index (χ4v) is 4.10. The predicted molar refractivity (Wildman–Crippen MR) is 157 cm³/mol. The molecular weight excluding hydrogens is 508 g/mol. The summed E-state index contributed by atoms with van der Waals surface area (Å²) in [6.45, 7) is 11.3. The molecule has 0 bridgehead atoms. The number of aromatic nitrogens is 1. The Morgan fingerprint density at radius 2 is 1.50 bits per heavy atom. The van der Waals surface area contributed by atoms with Crippen molar-refractivity contribution in [3.8, 4) is 0 Å². The zero-order valence-corrected chi connectivity index (χ0v) is 24.4. The van der Waals surface area contributed by atoms with E-state index in [1.165, 1.54) is 5.56 Å². The molecule has 0 aliphatic rings. The number of alkyl carbamates (subject to hydrolysis) is 2. The summed E-state index contributed by atoms with van der Waals surface area (Å²) in [7, 11) is 0. The molecule has 216 valence electrons. The Labute approximate surface area is 236 Å². The van der Waals surface area contributed by atoms with Gasteiger partial charge in [-0.25, -0.2) is 9.59 Å². The van der Waals surface area contributed by atoms with Gasteiger partial charge in [-0.2, -0.15) is 0 Å². The van der Waals surface area contributed by atoms with E-state index in [0.29, 0.717) is 25.1 Å². The molecule has 0 unspecified atom stereocenters. The molecule has 3 amide bonds. The molecule has 0 saturated carbocycles. The number of carbonyl (C=O) groups is 3. The highest BCUT2D eigenvalue weighted by Crippen LogP contribution is 2.19. The average Bonchev–Trinajstić information content (AvgIpc) is 3.27. The molecule has 0 aliphatic heterocycles. The molecule has 4 N–H and O–H groups in total. The molecule has 1 heterocycles. The number of amides is 3. The molecule has 3 rings (SSSR count). The van der Waals surface area contributed by atoms with Gasteiger partial charge in [0, 0.05) is 30.0 Å². The standard InChI is InChI=1S/C31H42N4O5/c1-30(2,3)39-28(37)32-16-10-13-24(34-29(38)40-31(4,5)6)20-33-27(36)26-19-23-15-14-22(18-25(23)35-26)17-21-11-8-7-9-12-21/h7-9,11-12,14-15,18-19,24,35H,10,13,16-17,20H2,1-6H3,(H,32,37)(H,33,36)(H,34,38)/t24-/m0/s1. The molecule has 0 spiro atoms. The average molecular weight is 551 g/mol. The molecule has 3 aromatic rings. The van der Waals surface area contributed by atoms with Crippen molar-refractivity contribution in [2.24, 2.45) is 0 Å². The summed E-state index contributed by atoms with van der Waals surface area (Å²) in [5, 5.41) is 9.40. The van der Waals surface area contributed by atoms with E-state index in [1.807, 2.05) is 30.3 Å². The van der Waals surface area contributed by atoms with Crippen molar-refractivity contribution in [2.45, 2.75) is 78.0 Å². The lowest BCUT2D eigenvalue weighted by molar-refractivity contribution is 0.0487. The molecule has 0 aliphatic carbocycles. The molecule has 40 heavy (non-hydrogen) atoms. The minimum absolute atomic E-state index is 0.194. The number of rotatable bonds is 10. The summed E-state index contributed by atoms with van der Waals surface area (Å²) < 4.78 is 10.6. The van der Waals surface area contributed by atoms with Crippen LogP contribution in [0.1, 0.15) is 76.0 Å². The third-order valence-corrected chi connectivity index (χ3v) is 5.81. The highest BCUT2D eigenvalue weighted by Gasteiger charge is 2.21. The molecule has 0 fully saturated rings. The molecule has 2 aromatic carbocycles. The molecular formula is C31H42N4O5. The Kier molecular flexibility index (Phi) is 10.2. The van der Waals surface area contributed by atoms with Crippen molar-refractivity contribution in [1.29, 1.82) is 0 Å². The number of benzene rings is 2. The van der Waals surface area contributed by atoms with Crippen LogP contribution >= 0.6 is 0 Å². The van der Waals surface area contributed by atoms with Gasteiger partial charge < -0.3 is 30.4 Å². The van der Waals surface area contributed by atoms with E-state index in [9.17, 15) is 14.4 Å². The van der Waals surface area contributed by atoms with Crippen molar-refractivity contribution < 1.29 is 23.9 Å². The summed E-state index contributed by atoms with van der Waals surface area (Å²) in [6, 6.07) is 17.8. The Morgan fingerprint density at radius 1 is 0.825 bits per heavy atom. The number of aromatic amines is 1. The van der Waals surface area contributed by atoms with Gasteiger partial charge in [0.05, 0.1) is 0 Å². The molecule has 9 nitrogen and oxygen atoms in total. The van der Waals surface area contributed by atoms with Gasteiger partial charge in [-0.15, -0.1) is 0 Å². The smallest absolute Gasteiger partial charge is 0.407 e. The molecule has 1 aromatic heterocycles. The maximum absolute atomic E-state index is 13.0. The van der Waals surface area contributed by atoms with Crippen LogP contribution < -0.4 is 16.0 Å². The summed E-state index contributed by atoms with van der Waals surface area (Å²) in [6.07, 6.45) is 0.807. The first-order valence-electron chi connectivity index (χ1n) is 13.7. The van der Waals surface area contributed by atoms with Crippen LogP contribution in [0.2, 0.25) is 0 Å². The first kappa shape index (κ1) is 30.5. The lowest BCUT2D eigenvalue weighted by atomic mass is 10.0. The third-order valence-electron chi connectivity index (χ3n) is 5.81. The highest BCUT2D eigenvalue weighted by atomic mass is 16.6. The summed E-state index contributed by atoms with van der Waals surface area (Å²) in [4.78, 5) is 40.5. The van der Waals surface area contributed by atoms with Crippen LogP contribution in [0.15, 0.2) is 54.6 Å². The summed E-state index contributed by atoms with van der Waals surface area (Å²) in [5.74, 6) is -0.274. The van der Waals surface area contributed by atoms with Crippen LogP contribution in [-0.4, -0.2) is 53.4 Å². The first-order valence-corrected chi connectivity index (χ1v) is 13.7. The van der Waals surface area contributed by atoms with E-state index in [-0.39, 0.29) is 12.5 Å². The zero-order chi connectivity index (χ0) is 29.3. The van der Waals surface area contributed by atoms with Crippen molar-refractivity contribution in [1.82, 2.24) is 20.9 Å². The molecule has 0 radical (unpaired) electrons. The van der Waals surface area contributed by atoms with Crippen LogP contribution in [0.25, 0.3) is 10.9 Å². The predicted octanol–water partition coefficient (Wildman–Crippen LogP) is 5.69. The third kappa shape index (κ3) is 10.6. The van der Waals surface area contributed by atoms with Crippen molar-refractivity contribution in [3.63, 3.8) is 0 Å². The van der Waals surface area contributed by atoms with E-state index >= 15 is 0 Å². The van der Waals surface area contributed by atoms with Gasteiger partial charge in [-0.3, -0.25) is 4.79 Å². The largest absolute Gasteiger partial charge is 0.444 e. The van der Waals surface area contributed by atoms with Crippen LogP contribution in [0.3, 0.4) is 0 Å². The van der Waals surface area contributed by atoms with Gasteiger partial charge in [0.25, 0.3) is 5.91 Å². The Balaban J connectivity index is 1.59. The minimum atomic E-state index is -0.653. The maximum atomic E-state index is 13.0. The fraction of sp³-hybridized carbons (Fsp3) is 0.452. The number of carbonyl (C=O) groups excluding carboxylic acids is 3. The van der Waals surface area contributed by atoms with Gasteiger partial charge in [-0.05, 0) is 84.1 Å². The second-order valence-electron chi connectivity index (χ2n) is 11.9. The fourth-order valence-electron chi connectivity index (χ4n) is 4.10. The Hall–Kier alpha value is -4.01. The molecule has 1 atom stereocenters. The zero-order valence-electron chi connectivity index (χ0n) is 24.4. The van der Waals surface area contributed by atoms with Gasteiger partial charge >= 0.3 is 12.2 Å². The number of nitrogens with one attached hydrogen (secondary N) is 4. The number of ether oxygens (including phenoxy) is 2. The van der Waals surface area contributed by atoms with Crippen molar-refractivity contribution >= 4 is 29.0 Å². The number of H-pyrrole nitrogens is 1. The van der Waals surface area contributed by atoms with Gasteiger partial charge in [0.15, 0.2) is 0 Å². The quantitative estimate of drug-likeness (QED) is 0.242. The van der Waals surface area contributed by atoms with E-state index in [1.54, 1.807) is 41.5 Å². The van der Waals surface area contributed by atoms with Gasteiger partial charge in [0.2, 0.25) is 0 Å². The van der Waals surface area contributed by atoms with E-state index in [2.05, 4.69) is 45.2 Å². The van der Waals surface area contributed by atoms with E-state index in [4.69, 9.17) is 9.47 Å². The number of fused-ring (bicyclic) bond motifs is 1. The first-order chi connectivity index (χ1) is 18.8. The van der Waals surface area contributed by atoms with Gasteiger partial charge in [0.1, 0.15) is 16.9 Å². The van der Waals surface area contributed by atoms with Crippen LogP contribution in [0.4, 0.5) is 9.59 Å². The van der Waals surface area contributed by atoms with Crippen LogP contribution in [0, 0.1) is 0 Å². The Morgan fingerprint density at radius 3 is 2.17 bits per heavy atom. The lowest BCUT2D eigenvalue weighted by Gasteiger charge is -2.24.